The number of amides is 1. The second kappa shape index (κ2) is 6.39. The summed E-state index contributed by atoms with van der Waals surface area (Å²) in [4.78, 5) is 32.7. The van der Waals surface area contributed by atoms with Crippen LogP contribution < -0.4 is 5.32 Å². The fourth-order valence-corrected chi connectivity index (χ4v) is 2.99. The minimum absolute atomic E-state index is 0.00943. The first kappa shape index (κ1) is 15.9. The highest BCUT2D eigenvalue weighted by Crippen LogP contribution is 2.18. The van der Waals surface area contributed by atoms with E-state index in [9.17, 15) is 14.9 Å². The average molecular weight is 353 g/mol. The summed E-state index contributed by atoms with van der Waals surface area (Å²) in [5.74, 6) is 0.196. The van der Waals surface area contributed by atoms with E-state index < -0.39 is 4.92 Å². The van der Waals surface area contributed by atoms with Crippen molar-refractivity contribution in [2.45, 2.75) is 12.5 Å². The number of hydrogen-bond donors (Lipinski definition) is 1. The molecule has 1 unspecified atom stereocenters. The van der Waals surface area contributed by atoms with E-state index in [0.29, 0.717) is 30.2 Å². The molecule has 3 aromatic rings. The van der Waals surface area contributed by atoms with Crippen molar-refractivity contribution in [3.8, 4) is 0 Å². The monoisotopic (exact) mass is 353 g/mol. The van der Waals surface area contributed by atoms with E-state index in [1.165, 1.54) is 10.7 Å². The highest BCUT2D eigenvalue weighted by atomic mass is 16.6. The Hall–Kier alpha value is -3.56. The van der Waals surface area contributed by atoms with Crippen molar-refractivity contribution in [1.29, 1.82) is 0 Å². The number of carbonyl (C=O) groups excluding carboxylic acids is 1. The fourth-order valence-electron chi connectivity index (χ4n) is 2.99. The molecule has 1 aliphatic heterocycles. The van der Waals surface area contributed by atoms with Crippen LogP contribution in [0.2, 0.25) is 0 Å². The van der Waals surface area contributed by atoms with Gasteiger partial charge >= 0.3 is 5.82 Å². The number of anilines is 1. The molecule has 1 N–H and O–H groups in total. The first-order valence-corrected chi connectivity index (χ1v) is 8.08. The summed E-state index contributed by atoms with van der Waals surface area (Å²) in [5.41, 5.74) is 0.822. The minimum atomic E-state index is -0.528. The zero-order chi connectivity index (χ0) is 18.1. The van der Waals surface area contributed by atoms with Gasteiger partial charge in [-0.2, -0.15) is 0 Å². The fraction of sp³-hybridized carbons (Fsp3) is 0.250. The molecule has 10 nitrogen and oxygen atoms in total. The number of likely N-dealkylation sites (tertiary alicyclic amines) is 1. The van der Waals surface area contributed by atoms with E-state index in [2.05, 4.69) is 20.4 Å². The molecule has 1 atom stereocenters. The molecule has 0 saturated carbocycles. The third kappa shape index (κ3) is 2.92. The van der Waals surface area contributed by atoms with Crippen molar-refractivity contribution in [3.63, 3.8) is 0 Å². The van der Waals surface area contributed by atoms with Gasteiger partial charge in [0.2, 0.25) is 5.65 Å². The number of pyridine rings is 1. The molecule has 4 rings (SSSR count). The van der Waals surface area contributed by atoms with E-state index in [1.54, 1.807) is 41.4 Å². The van der Waals surface area contributed by atoms with Crippen molar-refractivity contribution >= 4 is 23.2 Å². The Bertz CT molecular complexity index is 972. The van der Waals surface area contributed by atoms with Crippen LogP contribution in [0.25, 0.3) is 5.65 Å². The van der Waals surface area contributed by atoms with Crippen LogP contribution in [0.1, 0.15) is 16.9 Å². The maximum absolute atomic E-state index is 12.4. The van der Waals surface area contributed by atoms with Crippen LogP contribution >= 0.6 is 0 Å². The van der Waals surface area contributed by atoms with Crippen LogP contribution in [0.3, 0.4) is 0 Å². The first-order chi connectivity index (χ1) is 12.6. The quantitative estimate of drug-likeness (QED) is 0.555. The van der Waals surface area contributed by atoms with Crippen molar-refractivity contribution < 1.29 is 9.72 Å². The first-order valence-electron chi connectivity index (χ1n) is 8.08. The minimum Gasteiger partial charge on any atom is -0.362 e. The molecular formula is C16H15N7O3. The van der Waals surface area contributed by atoms with Gasteiger partial charge in [0, 0.05) is 31.4 Å². The topological polar surface area (TPSA) is 119 Å². The zero-order valence-corrected chi connectivity index (χ0v) is 13.6. The van der Waals surface area contributed by atoms with Gasteiger partial charge in [-0.05, 0) is 29.5 Å². The number of nitrogens with zero attached hydrogens (tertiary/aromatic N) is 6. The summed E-state index contributed by atoms with van der Waals surface area (Å²) in [6.45, 7) is 1.13. The van der Waals surface area contributed by atoms with Crippen LogP contribution in [0.15, 0.2) is 42.7 Å². The molecular weight excluding hydrogens is 338 g/mol. The number of hydrogen-bond acceptors (Lipinski definition) is 7. The zero-order valence-electron chi connectivity index (χ0n) is 13.6. The lowest BCUT2D eigenvalue weighted by atomic mass is 10.2. The molecule has 1 amide bonds. The molecule has 10 heteroatoms. The van der Waals surface area contributed by atoms with Gasteiger partial charge in [-0.3, -0.25) is 9.78 Å². The van der Waals surface area contributed by atoms with Crippen LogP contribution in [-0.4, -0.2) is 54.4 Å². The van der Waals surface area contributed by atoms with Crippen LogP contribution in [-0.2, 0) is 0 Å². The van der Waals surface area contributed by atoms with Gasteiger partial charge in [-0.15, -0.1) is 0 Å². The number of nitro groups is 1. The predicted molar refractivity (Wildman–Crippen MR) is 91.8 cm³/mol. The van der Waals surface area contributed by atoms with Gasteiger partial charge in [0.25, 0.3) is 5.91 Å². The van der Waals surface area contributed by atoms with Gasteiger partial charge in [0.1, 0.15) is 11.9 Å². The molecule has 0 bridgehead atoms. The van der Waals surface area contributed by atoms with Gasteiger partial charge in [-0.1, -0.05) is 15.7 Å². The Balaban J connectivity index is 1.47. The van der Waals surface area contributed by atoms with Crippen molar-refractivity contribution in [2.24, 2.45) is 0 Å². The number of imidazole rings is 1. The third-order valence-electron chi connectivity index (χ3n) is 4.24. The second-order valence-corrected chi connectivity index (χ2v) is 5.96. The molecule has 4 heterocycles. The summed E-state index contributed by atoms with van der Waals surface area (Å²) in [7, 11) is 0. The van der Waals surface area contributed by atoms with E-state index in [-0.39, 0.29) is 17.8 Å². The Morgan fingerprint density at radius 3 is 2.92 bits per heavy atom. The van der Waals surface area contributed by atoms with Gasteiger partial charge in [-0.25, -0.2) is 4.98 Å². The molecule has 3 aromatic heterocycles. The molecule has 0 spiro atoms. The molecule has 1 aliphatic rings. The number of nitrogens with one attached hydrogen (secondary N) is 1. The van der Waals surface area contributed by atoms with Crippen molar-refractivity contribution in [2.75, 3.05) is 18.4 Å². The Morgan fingerprint density at radius 1 is 1.27 bits per heavy atom. The van der Waals surface area contributed by atoms with Gasteiger partial charge in [0.15, 0.2) is 5.82 Å². The molecule has 0 aliphatic carbocycles. The van der Waals surface area contributed by atoms with Crippen LogP contribution in [0.5, 0.6) is 0 Å². The Kier molecular flexibility index (Phi) is 3.92. The number of rotatable bonds is 4. The SMILES string of the molecule is O=C(c1ccccn1)N1CCC(Nc2ccc3ncc([N+](=O)[O-])n3n2)C1. The lowest BCUT2D eigenvalue weighted by molar-refractivity contribution is -0.391. The Morgan fingerprint density at radius 2 is 2.15 bits per heavy atom. The normalized spacial score (nSPS) is 16.8. The largest absolute Gasteiger partial charge is 0.368 e. The Labute approximate surface area is 147 Å². The molecule has 132 valence electrons. The lowest BCUT2D eigenvalue weighted by Gasteiger charge is -2.16. The van der Waals surface area contributed by atoms with Crippen LogP contribution in [0.4, 0.5) is 11.6 Å². The third-order valence-corrected chi connectivity index (χ3v) is 4.24. The summed E-state index contributed by atoms with van der Waals surface area (Å²) in [6.07, 6.45) is 3.52. The van der Waals surface area contributed by atoms with Gasteiger partial charge in [0.05, 0.1) is 0 Å². The summed E-state index contributed by atoms with van der Waals surface area (Å²) in [5, 5.41) is 18.5. The van der Waals surface area contributed by atoms with E-state index in [4.69, 9.17) is 0 Å². The molecule has 0 radical (unpaired) electrons. The highest BCUT2D eigenvalue weighted by Gasteiger charge is 2.28. The standard InChI is InChI=1S/C16H15N7O3/c24-16(12-3-1-2-7-17-12)21-8-6-11(10-21)19-13-4-5-14-18-9-15(23(25)26)22(14)20-13/h1-5,7,9,11H,6,8,10H2,(H,19,20). The van der Waals surface area contributed by atoms with E-state index in [0.717, 1.165) is 6.42 Å². The summed E-state index contributed by atoms with van der Waals surface area (Å²) in [6, 6.07) is 8.63. The van der Waals surface area contributed by atoms with Gasteiger partial charge < -0.3 is 20.3 Å². The van der Waals surface area contributed by atoms with Crippen molar-refractivity contribution in [1.82, 2.24) is 24.5 Å². The summed E-state index contributed by atoms with van der Waals surface area (Å²) >= 11 is 0. The predicted octanol–water partition coefficient (Wildman–Crippen LogP) is 1.36. The molecule has 0 aromatic carbocycles. The van der Waals surface area contributed by atoms with Crippen LogP contribution in [0, 0.1) is 10.1 Å². The smallest absolute Gasteiger partial charge is 0.362 e. The lowest BCUT2D eigenvalue weighted by Crippen LogP contribution is -2.32. The van der Waals surface area contributed by atoms with E-state index in [1.807, 2.05) is 0 Å². The maximum Gasteiger partial charge on any atom is 0.368 e. The summed E-state index contributed by atoms with van der Waals surface area (Å²) < 4.78 is 1.19. The molecule has 1 fully saturated rings. The average Bonchev–Trinajstić information content (AvgIpc) is 3.28. The van der Waals surface area contributed by atoms with E-state index >= 15 is 0 Å². The highest BCUT2D eigenvalue weighted by molar-refractivity contribution is 5.92. The number of aromatic nitrogens is 4. The number of fused-ring (bicyclic) bond motifs is 1. The number of carbonyl (C=O) groups is 1. The van der Waals surface area contributed by atoms with Crippen molar-refractivity contribution in [3.05, 3.63) is 58.5 Å². The maximum atomic E-state index is 12.4. The molecule has 26 heavy (non-hydrogen) atoms. The molecule has 1 saturated heterocycles. The second-order valence-electron chi connectivity index (χ2n) is 5.96.